The summed E-state index contributed by atoms with van der Waals surface area (Å²) in [5, 5.41) is 3.04. The van der Waals surface area contributed by atoms with E-state index in [0.717, 1.165) is 16.8 Å². The Morgan fingerprint density at radius 3 is 2.45 bits per heavy atom. The fourth-order valence-corrected chi connectivity index (χ4v) is 3.73. The summed E-state index contributed by atoms with van der Waals surface area (Å²) in [6.07, 6.45) is 10.2. The van der Waals surface area contributed by atoms with Crippen molar-refractivity contribution in [3.63, 3.8) is 0 Å². The number of carbonyl (C=O) groups is 2. The molecule has 2 aromatic carbocycles. The lowest BCUT2D eigenvalue weighted by Crippen LogP contribution is -2.42. The summed E-state index contributed by atoms with van der Waals surface area (Å²) in [5.41, 5.74) is 3.09. The highest BCUT2D eigenvalue weighted by atomic mass is 16.2. The zero-order valence-corrected chi connectivity index (χ0v) is 17.4. The summed E-state index contributed by atoms with van der Waals surface area (Å²) in [4.78, 5) is 30.8. The molecule has 6 heteroatoms. The third-order valence-electron chi connectivity index (χ3n) is 5.60. The Bertz CT molecular complexity index is 1020. The van der Waals surface area contributed by atoms with Crippen LogP contribution in [0.4, 0.5) is 0 Å². The van der Waals surface area contributed by atoms with Crippen LogP contribution in [-0.2, 0) is 16.1 Å². The molecule has 0 atom stereocenters. The van der Waals surface area contributed by atoms with Crippen molar-refractivity contribution >= 4 is 17.9 Å². The Balaban J connectivity index is 1.22. The fourth-order valence-electron chi connectivity index (χ4n) is 3.73. The molecule has 31 heavy (non-hydrogen) atoms. The first-order valence-corrected chi connectivity index (χ1v) is 10.6. The Hall–Kier alpha value is -3.67. The number of hydrogen-bond acceptors (Lipinski definition) is 3. The molecule has 158 valence electrons. The van der Waals surface area contributed by atoms with E-state index in [-0.39, 0.29) is 17.7 Å². The van der Waals surface area contributed by atoms with E-state index in [4.69, 9.17) is 0 Å². The van der Waals surface area contributed by atoms with Crippen molar-refractivity contribution in [3.05, 3.63) is 90.5 Å². The van der Waals surface area contributed by atoms with E-state index >= 15 is 0 Å². The summed E-state index contributed by atoms with van der Waals surface area (Å²) in [5.74, 6) is 0.0127. The van der Waals surface area contributed by atoms with Gasteiger partial charge in [-0.15, -0.1) is 0 Å². The highest BCUT2D eigenvalue weighted by Gasteiger charge is 2.26. The monoisotopic (exact) mass is 414 g/mol. The van der Waals surface area contributed by atoms with Crippen molar-refractivity contribution in [2.24, 2.45) is 5.92 Å². The predicted octanol–water partition coefficient (Wildman–Crippen LogP) is 3.44. The number of likely N-dealkylation sites (tertiary alicyclic amines) is 1. The van der Waals surface area contributed by atoms with Gasteiger partial charge in [0.15, 0.2) is 0 Å². The molecule has 0 unspecified atom stereocenters. The molecule has 2 amide bonds. The molecule has 0 bridgehead atoms. The van der Waals surface area contributed by atoms with Crippen molar-refractivity contribution in [2.75, 3.05) is 13.1 Å². The molecule has 6 nitrogen and oxygen atoms in total. The summed E-state index contributed by atoms with van der Waals surface area (Å²) in [6, 6.07) is 17.8. The van der Waals surface area contributed by atoms with Gasteiger partial charge in [-0.25, -0.2) is 4.98 Å². The number of benzene rings is 2. The molecular formula is C25H26N4O2. The molecule has 4 rings (SSSR count). The van der Waals surface area contributed by atoms with Crippen LogP contribution in [0.15, 0.2) is 79.4 Å². The Morgan fingerprint density at radius 2 is 1.77 bits per heavy atom. The molecule has 1 aliphatic heterocycles. The third-order valence-corrected chi connectivity index (χ3v) is 5.60. The predicted molar refractivity (Wildman–Crippen MR) is 120 cm³/mol. The van der Waals surface area contributed by atoms with Crippen LogP contribution in [0.1, 0.15) is 24.0 Å². The molecule has 1 aliphatic rings. The largest absolute Gasteiger partial charge is 0.352 e. The number of aromatic nitrogens is 2. The zero-order valence-electron chi connectivity index (χ0n) is 17.4. The normalized spacial score (nSPS) is 14.6. The van der Waals surface area contributed by atoms with Crippen LogP contribution in [0.5, 0.6) is 0 Å². The second-order valence-corrected chi connectivity index (χ2v) is 7.70. The molecule has 3 aromatic rings. The van der Waals surface area contributed by atoms with Crippen molar-refractivity contribution in [1.29, 1.82) is 0 Å². The molecule has 0 spiro atoms. The highest BCUT2D eigenvalue weighted by molar-refractivity contribution is 5.92. The zero-order chi connectivity index (χ0) is 21.5. The van der Waals surface area contributed by atoms with Gasteiger partial charge >= 0.3 is 0 Å². The smallest absolute Gasteiger partial charge is 0.246 e. The van der Waals surface area contributed by atoms with Gasteiger partial charge in [-0.1, -0.05) is 42.5 Å². The van der Waals surface area contributed by atoms with Gasteiger partial charge in [-0.05, 0) is 42.2 Å². The fraction of sp³-hybridized carbons (Fsp3) is 0.240. The number of piperidine rings is 1. The van der Waals surface area contributed by atoms with E-state index in [0.29, 0.717) is 32.5 Å². The Morgan fingerprint density at radius 1 is 1.03 bits per heavy atom. The molecule has 0 radical (unpaired) electrons. The van der Waals surface area contributed by atoms with Gasteiger partial charge in [-0.2, -0.15) is 0 Å². The number of nitrogens with zero attached hydrogens (tertiary/aromatic N) is 3. The van der Waals surface area contributed by atoms with E-state index in [1.165, 1.54) is 0 Å². The lowest BCUT2D eigenvalue weighted by molar-refractivity contribution is -0.132. The van der Waals surface area contributed by atoms with Crippen LogP contribution in [0.2, 0.25) is 0 Å². The van der Waals surface area contributed by atoms with Gasteiger partial charge in [-0.3, -0.25) is 9.59 Å². The number of hydrogen-bond donors (Lipinski definition) is 1. The molecule has 1 aromatic heterocycles. The molecular weight excluding hydrogens is 388 g/mol. The SMILES string of the molecule is O=C(NCc1ccc(-n2ccnc2)cc1)C1CCN(C(=O)/C=C/c2ccccc2)CC1. The standard InChI is InChI=1S/C25H26N4O2/c30-24(11-8-20-4-2-1-3-5-20)28-15-12-22(13-16-28)25(31)27-18-21-6-9-23(10-7-21)29-17-14-26-19-29/h1-11,14,17,19,22H,12-13,15-16,18H2,(H,27,31)/b11-8+. The lowest BCUT2D eigenvalue weighted by atomic mass is 9.95. The molecule has 1 fully saturated rings. The van der Waals surface area contributed by atoms with E-state index in [9.17, 15) is 9.59 Å². The second kappa shape index (κ2) is 9.89. The van der Waals surface area contributed by atoms with Crippen LogP contribution >= 0.6 is 0 Å². The van der Waals surface area contributed by atoms with Crippen LogP contribution in [0.25, 0.3) is 11.8 Å². The van der Waals surface area contributed by atoms with E-state index in [1.807, 2.05) is 76.3 Å². The van der Waals surface area contributed by atoms with E-state index in [1.54, 1.807) is 18.6 Å². The number of carbonyl (C=O) groups excluding carboxylic acids is 2. The van der Waals surface area contributed by atoms with Gasteiger partial charge in [0, 0.05) is 49.7 Å². The molecule has 2 heterocycles. The Kier molecular flexibility index (Phi) is 6.57. The summed E-state index contributed by atoms with van der Waals surface area (Å²) in [7, 11) is 0. The average molecular weight is 415 g/mol. The first-order chi connectivity index (χ1) is 15.2. The van der Waals surface area contributed by atoms with Crippen molar-refractivity contribution < 1.29 is 9.59 Å². The minimum Gasteiger partial charge on any atom is -0.352 e. The highest BCUT2D eigenvalue weighted by Crippen LogP contribution is 2.18. The molecule has 1 saturated heterocycles. The van der Waals surface area contributed by atoms with Gasteiger partial charge in [0.2, 0.25) is 11.8 Å². The summed E-state index contributed by atoms with van der Waals surface area (Å²) in [6.45, 7) is 1.72. The number of rotatable bonds is 6. The minimum atomic E-state index is -0.0487. The summed E-state index contributed by atoms with van der Waals surface area (Å²) < 4.78 is 1.94. The van der Waals surface area contributed by atoms with Gasteiger partial charge in [0.25, 0.3) is 0 Å². The molecule has 1 N–H and O–H groups in total. The van der Waals surface area contributed by atoms with Crippen LogP contribution < -0.4 is 5.32 Å². The maximum absolute atomic E-state index is 12.6. The molecule has 0 aliphatic carbocycles. The van der Waals surface area contributed by atoms with Gasteiger partial charge in [0.05, 0.1) is 6.33 Å². The van der Waals surface area contributed by atoms with Crippen LogP contribution in [0.3, 0.4) is 0 Å². The maximum atomic E-state index is 12.6. The maximum Gasteiger partial charge on any atom is 0.246 e. The van der Waals surface area contributed by atoms with Crippen LogP contribution in [-0.4, -0.2) is 39.4 Å². The second-order valence-electron chi connectivity index (χ2n) is 7.70. The molecule has 0 saturated carbocycles. The topological polar surface area (TPSA) is 67.2 Å². The van der Waals surface area contributed by atoms with Gasteiger partial charge in [0.1, 0.15) is 0 Å². The quantitative estimate of drug-likeness (QED) is 0.629. The number of imidazole rings is 1. The van der Waals surface area contributed by atoms with Crippen molar-refractivity contribution in [2.45, 2.75) is 19.4 Å². The average Bonchev–Trinajstić information content (AvgIpc) is 3.37. The number of amides is 2. The first-order valence-electron chi connectivity index (χ1n) is 10.6. The van der Waals surface area contributed by atoms with Gasteiger partial charge < -0.3 is 14.8 Å². The third kappa shape index (κ3) is 5.48. The van der Waals surface area contributed by atoms with E-state index in [2.05, 4.69) is 10.3 Å². The van der Waals surface area contributed by atoms with Crippen molar-refractivity contribution in [1.82, 2.24) is 19.8 Å². The van der Waals surface area contributed by atoms with E-state index < -0.39 is 0 Å². The first kappa shape index (κ1) is 20.6. The lowest BCUT2D eigenvalue weighted by Gasteiger charge is -2.30. The Labute approximate surface area is 182 Å². The van der Waals surface area contributed by atoms with Crippen molar-refractivity contribution in [3.8, 4) is 5.69 Å². The number of nitrogens with one attached hydrogen (secondary N) is 1. The minimum absolute atomic E-state index is 0.000642. The van der Waals surface area contributed by atoms with Crippen LogP contribution in [0, 0.1) is 5.92 Å². The summed E-state index contributed by atoms with van der Waals surface area (Å²) >= 11 is 0.